The lowest BCUT2D eigenvalue weighted by Crippen LogP contribution is -2.03. The van der Waals surface area contributed by atoms with Crippen LogP contribution < -0.4 is 0 Å². The van der Waals surface area contributed by atoms with E-state index in [1.165, 1.54) is 3.57 Å². The molecule has 0 N–H and O–H groups in total. The monoisotopic (exact) mass is 356 g/mol. The topological polar surface area (TPSA) is 27.1 Å². The van der Waals surface area contributed by atoms with E-state index in [0.717, 1.165) is 37.6 Å². The van der Waals surface area contributed by atoms with Gasteiger partial charge in [0.15, 0.2) is 0 Å². The highest BCUT2D eigenvalue weighted by atomic mass is 127. The minimum Gasteiger partial charge on any atom is -0.382 e. The summed E-state index contributed by atoms with van der Waals surface area (Å²) in [4.78, 5) is 4.43. The fourth-order valence-corrected chi connectivity index (χ4v) is 2.19. The standard InChI is InChI=1S/C14H17IN2O/c1-2-18-11-3-9-17-10-8-16-14(17)12-4-6-13(15)7-5-12/h4-8,10H,2-3,9,11H2,1H3. The van der Waals surface area contributed by atoms with E-state index in [9.17, 15) is 0 Å². The van der Waals surface area contributed by atoms with Crippen molar-refractivity contribution in [2.45, 2.75) is 19.9 Å². The Morgan fingerprint density at radius 2 is 2.06 bits per heavy atom. The highest BCUT2D eigenvalue weighted by Gasteiger charge is 2.05. The van der Waals surface area contributed by atoms with Gasteiger partial charge in [0.1, 0.15) is 5.82 Å². The minimum atomic E-state index is 0.786. The second-order valence-electron chi connectivity index (χ2n) is 4.00. The summed E-state index contributed by atoms with van der Waals surface area (Å²) in [6.45, 7) is 4.56. The van der Waals surface area contributed by atoms with Crippen molar-refractivity contribution in [3.8, 4) is 11.4 Å². The largest absolute Gasteiger partial charge is 0.382 e. The highest BCUT2D eigenvalue weighted by molar-refractivity contribution is 14.1. The molecule has 0 bridgehead atoms. The smallest absolute Gasteiger partial charge is 0.139 e. The van der Waals surface area contributed by atoms with Crippen LogP contribution in [0.5, 0.6) is 0 Å². The Morgan fingerprint density at radius 1 is 1.28 bits per heavy atom. The lowest BCUT2D eigenvalue weighted by atomic mass is 10.2. The molecule has 4 heteroatoms. The SMILES string of the molecule is CCOCCCn1ccnc1-c1ccc(I)cc1. The Kier molecular flexibility index (Phi) is 5.19. The van der Waals surface area contributed by atoms with Crippen LogP contribution in [0.1, 0.15) is 13.3 Å². The van der Waals surface area contributed by atoms with Crippen molar-refractivity contribution in [1.29, 1.82) is 0 Å². The summed E-state index contributed by atoms with van der Waals surface area (Å²) in [5, 5.41) is 0. The van der Waals surface area contributed by atoms with Gasteiger partial charge in [-0.25, -0.2) is 4.98 Å². The number of rotatable bonds is 6. The molecule has 0 atom stereocenters. The molecule has 0 amide bonds. The van der Waals surface area contributed by atoms with Crippen LogP contribution in [0.2, 0.25) is 0 Å². The average molecular weight is 356 g/mol. The summed E-state index contributed by atoms with van der Waals surface area (Å²) >= 11 is 2.31. The molecule has 0 saturated heterocycles. The highest BCUT2D eigenvalue weighted by Crippen LogP contribution is 2.19. The molecular weight excluding hydrogens is 339 g/mol. The molecule has 2 rings (SSSR count). The molecule has 96 valence electrons. The van der Waals surface area contributed by atoms with Gasteiger partial charge in [-0.2, -0.15) is 0 Å². The molecule has 3 nitrogen and oxygen atoms in total. The summed E-state index contributed by atoms with van der Waals surface area (Å²) in [6, 6.07) is 8.44. The molecule has 0 fully saturated rings. The van der Waals surface area contributed by atoms with Crippen LogP contribution in [0.25, 0.3) is 11.4 Å². The molecule has 1 aromatic heterocycles. The van der Waals surface area contributed by atoms with Gasteiger partial charge in [0, 0.05) is 41.3 Å². The second kappa shape index (κ2) is 6.89. The molecule has 0 aliphatic heterocycles. The number of aromatic nitrogens is 2. The number of halogens is 1. The van der Waals surface area contributed by atoms with E-state index in [1.807, 2.05) is 19.3 Å². The van der Waals surface area contributed by atoms with Gasteiger partial charge in [-0.3, -0.25) is 0 Å². The van der Waals surface area contributed by atoms with E-state index in [0.29, 0.717) is 0 Å². The van der Waals surface area contributed by atoms with Gasteiger partial charge in [-0.1, -0.05) is 12.1 Å². The second-order valence-corrected chi connectivity index (χ2v) is 5.25. The zero-order valence-electron chi connectivity index (χ0n) is 10.5. The quantitative estimate of drug-likeness (QED) is 0.584. The Bertz CT molecular complexity index is 479. The lowest BCUT2D eigenvalue weighted by molar-refractivity contribution is 0.142. The van der Waals surface area contributed by atoms with Gasteiger partial charge in [0.05, 0.1) is 0 Å². The molecular formula is C14H17IN2O. The van der Waals surface area contributed by atoms with Crippen LogP contribution >= 0.6 is 22.6 Å². The first-order valence-electron chi connectivity index (χ1n) is 6.16. The van der Waals surface area contributed by atoms with Crippen molar-refractivity contribution in [3.63, 3.8) is 0 Å². The number of nitrogens with zero attached hydrogens (tertiary/aromatic N) is 2. The van der Waals surface area contributed by atoms with Crippen molar-refractivity contribution >= 4 is 22.6 Å². The van der Waals surface area contributed by atoms with Crippen LogP contribution in [-0.4, -0.2) is 22.8 Å². The predicted molar refractivity (Wildman–Crippen MR) is 81.5 cm³/mol. The maximum absolute atomic E-state index is 5.36. The van der Waals surface area contributed by atoms with Gasteiger partial charge in [-0.15, -0.1) is 0 Å². The Hall–Kier alpha value is -0.880. The molecule has 0 radical (unpaired) electrons. The summed E-state index contributed by atoms with van der Waals surface area (Å²) < 4.78 is 8.78. The van der Waals surface area contributed by atoms with Crippen LogP contribution in [0, 0.1) is 3.57 Å². The molecule has 0 spiro atoms. The van der Waals surface area contributed by atoms with E-state index < -0.39 is 0 Å². The van der Waals surface area contributed by atoms with Crippen LogP contribution in [0.15, 0.2) is 36.7 Å². The fourth-order valence-electron chi connectivity index (χ4n) is 1.83. The van der Waals surface area contributed by atoms with Crippen molar-refractivity contribution < 1.29 is 4.74 Å². The molecule has 0 aliphatic rings. The summed E-state index contributed by atoms with van der Waals surface area (Å²) in [5.41, 5.74) is 1.16. The van der Waals surface area contributed by atoms with Crippen LogP contribution in [0.4, 0.5) is 0 Å². The molecule has 0 saturated carbocycles. The first kappa shape index (κ1) is 13.5. The molecule has 18 heavy (non-hydrogen) atoms. The number of benzene rings is 1. The maximum Gasteiger partial charge on any atom is 0.139 e. The zero-order valence-corrected chi connectivity index (χ0v) is 12.6. The van der Waals surface area contributed by atoms with E-state index >= 15 is 0 Å². The maximum atomic E-state index is 5.36. The number of imidazole rings is 1. The number of hydrogen-bond donors (Lipinski definition) is 0. The van der Waals surface area contributed by atoms with Crippen molar-refractivity contribution in [3.05, 3.63) is 40.2 Å². The zero-order chi connectivity index (χ0) is 12.8. The Morgan fingerprint density at radius 3 is 2.78 bits per heavy atom. The first-order chi connectivity index (χ1) is 8.81. The third kappa shape index (κ3) is 3.55. The number of aryl methyl sites for hydroxylation is 1. The van der Waals surface area contributed by atoms with E-state index in [4.69, 9.17) is 4.74 Å². The third-order valence-corrected chi connectivity index (χ3v) is 3.43. The first-order valence-corrected chi connectivity index (χ1v) is 7.24. The summed E-state index contributed by atoms with van der Waals surface area (Å²) in [5.74, 6) is 1.03. The van der Waals surface area contributed by atoms with Crippen LogP contribution in [-0.2, 0) is 11.3 Å². The summed E-state index contributed by atoms with van der Waals surface area (Å²) in [7, 11) is 0. The van der Waals surface area contributed by atoms with E-state index in [1.54, 1.807) is 0 Å². The van der Waals surface area contributed by atoms with Gasteiger partial charge in [0.25, 0.3) is 0 Å². The van der Waals surface area contributed by atoms with Gasteiger partial charge < -0.3 is 9.30 Å². The summed E-state index contributed by atoms with van der Waals surface area (Å²) in [6.07, 6.45) is 4.90. The van der Waals surface area contributed by atoms with Crippen molar-refractivity contribution in [1.82, 2.24) is 9.55 Å². The van der Waals surface area contributed by atoms with E-state index in [2.05, 4.69) is 56.4 Å². The Labute approximate surface area is 121 Å². The van der Waals surface area contributed by atoms with Crippen LogP contribution in [0.3, 0.4) is 0 Å². The van der Waals surface area contributed by atoms with Crippen molar-refractivity contribution in [2.24, 2.45) is 0 Å². The fraction of sp³-hybridized carbons (Fsp3) is 0.357. The third-order valence-electron chi connectivity index (χ3n) is 2.71. The average Bonchev–Trinajstić information content (AvgIpc) is 2.84. The molecule has 1 aromatic carbocycles. The number of ether oxygens (including phenoxy) is 1. The predicted octanol–water partition coefficient (Wildman–Crippen LogP) is 3.58. The van der Waals surface area contributed by atoms with Gasteiger partial charge >= 0.3 is 0 Å². The molecule has 0 unspecified atom stereocenters. The lowest BCUT2D eigenvalue weighted by Gasteiger charge is -2.08. The Balaban J connectivity index is 2.05. The van der Waals surface area contributed by atoms with Crippen molar-refractivity contribution in [2.75, 3.05) is 13.2 Å². The molecule has 2 aromatic rings. The normalized spacial score (nSPS) is 10.8. The van der Waals surface area contributed by atoms with Gasteiger partial charge in [0.2, 0.25) is 0 Å². The molecule has 1 heterocycles. The molecule has 0 aliphatic carbocycles. The van der Waals surface area contributed by atoms with Gasteiger partial charge in [-0.05, 0) is 48.1 Å². The van der Waals surface area contributed by atoms with E-state index in [-0.39, 0.29) is 0 Å². The minimum absolute atomic E-state index is 0.786. The number of hydrogen-bond acceptors (Lipinski definition) is 2.